The number of terminal acetylenes is 1. The summed E-state index contributed by atoms with van der Waals surface area (Å²) < 4.78 is 48.9. The Morgan fingerprint density at radius 1 is 1.47 bits per heavy atom. The van der Waals surface area contributed by atoms with Crippen molar-refractivity contribution in [3.05, 3.63) is 74.3 Å². The van der Waals surface area contributed by atoms with Crippen LogP contribution >= 0.6 is 7.82 Å². The maximum Gasteiger partial charge on any atom is 0.530 e. The number of hydrogen-bond donors (Lipinski definition) is 1. The van der Waals surface area contributed by atoms with Crippen molar-refractivity contribution in [1.29, 1.82) is 0 Å². The largest absolute Gasteiger partial charge is 0.530 e. The Balaban J connectivity index is 1.50. The van der Waals surface area contributed by atoms with Crippen LogP contribution in [0.4, 0.5) is 4.39 Å². The monoisotopic (exact) mass is 434 g/mol. The number of halogens is 1. The summed E-state index contributed by atoms with van der Waals surface area (Å²) in [6.45, 7) is 1.02. The number of aromatic amines is 1. The molecular weight excluding hydrogens is 418 g/mol. The number of benzene rings is 1. The minimum Gasteiger partial charge on any atom is -0.404 e. The molecule has 30 heavy (non-hydrogen) atoms. The molecule has 1 aromatic carbocycles. The molecule has 11 heteroatoms. The first-order chi connectivity index (χ1) is 14.2. The summed E-state index contributed by atoms with van der Waals surface area (Å²) in [6, 6.07) is 3.76. The van der Waals surface area contributed by atoms with E-state index < -0.39 is 43.3 Å². The van der Waals surface area contributed by atoms with E-state index in [1.807, 2.05) is 0 Å². The summed E-state index contributed by atoms with van der Waals surface area (Å²) >= 11 is 0. The van der Waals surface area contributed by atoms with Crippen LogP contribution in [0, 0.1) is 25.1 Å². The van der Waals surface area contributed by atoms with E-state index in [-0.39, 0.29) is 12.4 Å². The topological polar surface area (TPSA) is 109 Å². The summed E-state index contributed by atoms with van der Waals surface area (Å²) in [5.41, 5.74) is -1.84. The van der Waals surface area contributed by atoms with E-state index in [4.69, 9.17) is 24.7 Å². The molecule has 3 atom stereocenters. The van der Waals surface area contributed by atoms with Crippen molar-refractivity contribution >= 4 is 7.82 Å². The van der Waals surface area contributed by atoms with Gasteiger partial charge in [-0.05, 0) is 25.1 Å². The molecule has 1 unspecified atom stereocenters. The predicted molar refractivity (Wildman–Crippen MR) is 102 cm³/mol. The lowest BCUT2D eigenvalue weighted by atomic mass is 10.1. The fourth-order valence-corrected chi connectivity index (χ4v) is 4.17. The van der Waals surface area contributed by atoms with Gasteiger partial charge < -0.3 is 9.26 Å². The second-order valence-electron chi connectivity index (χ2n) is 6.72. The zero-order valence-electron chi connectivity index (χ0n) is 15.7. The molecule has 3 heterocycles. The summed E-state index contributed by atoms with van der Waals surface area (Å²) in [7, 11) is -4.08. The molecule has 1 N–H and O–H groups in total. The molecule has 1 aromatic heterocycles. The molecule has 0 bridgehead atoms. The van der Waals surface area contributed by atoms with Crippen molar-refractivity contribution in [3.63, 3.8) is 0 Å². The van der Waals surface area contributed by atoms with E-state index in [9.17, 15) is 18.5 Å². The Bertz CT molecular complexity index is 1240. The molecular formula is C19H16FN2O7P. The lowest BCUT2D eigenvalue weighted by Crippen LogP contribution is -2.37. The van der Waals surface area contributed by atoms with Gasteiger partial charge in [-0.2, -0.15) is 0 Å². The highest BCUT2D eigenvalue weighted by Gasteiger charge is 2.41. The first kappa shape index (κ1) is 20.3. The first-order valence-electron chi connectivity index (χ1n) is 8.77. The van der Waals surface area contributed by atoms with E-state index in [1.54, 1.807) is 0 Å². The fraction of sp³-hybridized carbons (Fsp3) is 0.263. The van der Waals surface area contributed by atoms with E-state index in [2.05, 4.69) is 10.9 Å². The summed E-state index contributed by atoms with van der Waals surface area (Å²) in [4.78, 5) is 25.8. The van der Waals surface area contributed by atoms with Crippen molar-refractivity contribution in [2.75, 3.05) is 6.61 Å². The van der Waals surface area contributed by atoms with Crippen molar-refractivity contribution in [2.45, 2.75) is 25.4 Å². The molecule has 4 rings (SSSR count). The zero-order valence-corrected chi connectivity index (χ0v) is 16.6. The van der Waals surface area contributed by atoms with E-state index in [0.717, 1.165) is 10.6 Å². The SMILES string of the molecule is C#C[C@@]1(COP2(=O)OCc3ccc(F)cc3O2)C=C[C@H](n2cc(C)c(=O)[nH]c2=O)O1. The number of nitrogens with one attached hydrogen (secondary N) is 1. The summed E-state index contributed by atoms with van der Waals surface area (Å²) in [5, 5.41) is 0. The minimum atomic E-state index is -4.08. The van der Waals surface area contributed by atoms with Gasteiger partial charge in [0.1, 0.15) is 18.2 Å². The van der Waals surface area contributed by atoms with Crippen molar-refractivity contribution in [3.8, 4) is 18.1 Å². The maximum absolute atomic E-state index is 13.4. The van der Waals surface area contributed by atoms with Gasteiger partial charge in [0.25, 0.3) is 5.56 Å². The Morgan fingerprint density at radius 2 is 2.27 bits per heavy atom. The van der Waals surface area contributed by atoms with Gasteiger partial charge in [-0.25, -0.2) is 13.8 Å². The van der Waals surface area contributed by atoms with Crippen LogP contribution in [0.3, 0.4) is 0 Å². The van der Waals surface area contributed by atoms with Gasteiger partial charge in [0.15, 0.2) is 11.8 Å². The lowest BCUT2D eigenvalue weighted by Gasteiger charge is -2.28. The second-order valence-corrected chi connectivity index (χ2v) is 8.31. The standard InChI is InChI=1S/C19H16FN2O7P/c1-3-19(7-6-16(28-19)22-9-12(2)17(23)21-18(22)24)11-27-30(25)26-10-13-4-5-14(20)8-15(13)29-30/h1,4-9,16H,10-11H2,2H3,(H,21,23,24)/t16-,19+,30?/m1/s1. The van der Waals surface area contributed by atoms with E-state index in [1.165, 1.54) is 37.4 Å². The molecule has 0 saturated carbocycles. The van der Waals surface area contributed by atoms with Gasteiger partial charge in [-0.1, -0.05) is 12.0 Å². The van der Waals surface area contributed by atoms with Crippen LogP contribution in [0.15, 0.2) is 46.1 Å². The third-order valence-electron chi connectivity index (χ3n) is 4.58. The van der Waals surface area contributed by atoms with Gasteiger partial charge >= 0.3 is 13.5 Å². The number of rotatable bonds is 4. The smallest absolute Gasteiger partial charge is 0.404 e. The third kappa shape index (κ3) is 3.76. The molecule has 0 aliphatic carbocycles. The van der Waals surface area contributed by atoms with Crippen LogP contribution in [-0.4, -0.2) is 21.8 Å². The molecule has 0 spiro atoms. The number of ether oxygens (including phenoxy) is 1. The second kappa shape index (κ2) is 7.38. The number of nitrogens with zero attached hydrogens (tertiary/aromatic N) is 1. The zero-order chi connectivity index (χ0) is 21.5. The molecule has 2 aromatic rings. The Labute approximate surface area is 169 Å². The van der Waals surface area contributed by atoms with Crippen LogP contribution in [0.25, 0.3) is 0 Å². The average molecular weight is 434 g/mol. The van der Waals surface area contributed by atoms with Gasteiger partial charge in [-0.3, -0.25) is 23.4 Å². The van der Waals surface area contributed by atoms with Crippen molar-refractivity contribution in [1.82, 2.24) is 9.55 Å². The van der Waals surface area contributed by atoms with E-state index >= 15 is 0 Å². The molecule has 2 aliphatic heterocycles. The maximum atomic E-state index is 13.4. The molecule has 2 aliphatic rings. The quantitative estimate of drug-likeness (QED) is 0.446. The fourth-order valence-electron chi connectivity index (χ4n) is 2.93. The summed E-state index contributed by atoms with van der Waals surface area (Å²) in [5.74, 6) is 1.88. The van der Waals surface area contributed by atoms with Crippen LogP contribution < -0.4 is 15.8 Å². The molecule has 0 fully saturated rings. The predicted octanol–water partition coefficient (Wildman–Crippen LogP) is 2.18. The number of phosphoric ester groups is 1. The number of hydrogen-bond acceptors (Lipinski definition) is 7. The first-order valence-corrected chi connectivity index (χ1v) is 10.2. The molecule has 0 radical (unpaired) electrons. The van der Waals surface area contributed by atoms with Gasteiger partial charge in [0.05, 0.1) is 6.61 Å². The molecule has 0 amide bonds. The highest BCUT2D eigenvalue weighted by Crippen LogP contribution is 2.55. The lowest BCUT2D eigenvalue weighted by molar-refractivity contribution is -0.0511. The Morgan fingerprint density at radius 3 is 3.03 bits per heavy atom. The minimum absolute atomic E-state index is 0.0513. The average Bonchev–Trinajstić information content (AvgIpc) is 3.14. The number of aromatic nitrogens is 2. The van der Waals surface area contributed by atoms with Crippen molar-refractivity contribution < 1.29 is 27.3 Å². The van der Waals surface area contributed by atoms with E-state index in [0.29, 0.717) is 11.1 Å². The van der Waals surface area contributed by atoms with Crippen LogP contribution in [0.5, 0.6) is 5.75 Å². The number of phosphoric acid groups is 1. The third-order valence-corrected chi connectivity index (χ3v) is 5.89. The number of aryl methyl sites for hydroxylation is 1. The Hall–Kier alpha value is -2.96. The van der Waals surface area contributed by atoms with Crippen LogP contribution in [0.1, 0.15) is 17.4 Å². The Kier molecular flexibility index (Phi) is 5.00. The number of H-pyrrole nitrogens is 1. The molecule has 0 saturated heterocycles. The summed E-state index contributed by atoms with van der Waals surface area (Å²) in [6.07, 6.45) is 8.97. The van der Waals surface area contributed by atoms with Gasteiger partial charge in [0, 0.05) is 23.4 Å². The van der Waals surface area contributed by atoms with Gasteiger partial charge in [-0.15, -0.1) is 6.42 Å². The molecule has 156 valence electrons. The van der Waals surface area contributed by atoms with Crippen LogP contribution in [-0.2, 0) is 25.0 Å². The molecule has 9 nitrogen and oxygen atoms in total. The number of fused-ring (bicyclic) bond motifs is 1. The normalized spacial score (nSPS) is 27.3. The van der Waals surface area contributed by atoms with Crippen molar-refractivity contribution in [2.24, 2.45) is 0 Å². The highest BCUT2D eigenvalue weighted by molar-refractivity contribution is 7.49. The highest BCUT2D eigenvalue weighted by atomic mass is 31.2. The van der Waals surface area contributed by atoms with Crippen LogP contribution in [0.2, 0.25) is 0 Å². The van der Waals surface area contributed by atoms with Gasteiger partial charge in [0.2, 0.25) is 0 Å².